The third kappa shape index (κ3) is 5.28. The third-order valence-corrected chi connectivity index (χ3v) is 7.45. The van der Waals surface area contributed by atoms with Crippen LogP contribution in [0.1, 0.15) is 72.6 Å². The van der Waals surface area contributed by atoms with Gasteiger partial charge in [-0.1, -0.05) is 26.7 Å². The average Bonchev–Trinajstić information content (AvgIpc) is 3.01. The fourth-order valence-corrected chi connectivity index (χ4v) is 5.39. The standard InChI is InChI=1S/C21H33N3O3S2/c1-7-24(8-2)19(25)17-14(5)16(20(26)27-6)18(29-17)23-21(28)22-15-11-9-10-12(3)13(15)4/h12-13,15H,7-11H2,1-6H3,(H2,22,23,28)/t12-,13-,15-/m0/s1. The Hall–Kier alpha value is -1.67. The maximum atomic E-state index is 12.9. The first-order valence-electron chi connectivity index (χ1n) is 10.3. The number of nitrogens with one attached hydrogen (secondary N) is 2. The molecule has 0 spiro atoms. The van der Waals surface area contributed by atoms with Gasteiger partial charge < -0.3 is 20.3 Å². The Morgan fingerprint density at radius 2 is 1.90 bits per heavy atom. The third-order valence-electron chi connectivity index (χ3n) is 6.03. The number of carbonyl (C=O) groups is 2. The monoisotopic (exact) mass is 439 g/mol. The number of amides is 1. The van der Waals surface area contributed by atoms with Crippen LogP contribution in [0.25, 0.3) is 0 Å². The first kappa shape index (κ1) is 23.6. The molecular formula is C21H33N3O3S2. The molecule has 1 saturated carbocycles. The van der Waals surface area contributed by atoms with Gasteiger partial charge in [0.1, 0.15) is 5.00 Å². The lowest BCUT2D eigenvalue weighted by Gasteiger charge is -2.35. The van der Waals surface area contributed by atoms with Crippen LogP contribution in [0.15, 0.2) is 0 Å². The maximum Gasteiger partial charge on any atom is 0.341 e. The van der Waals surface area contributed by atoms with Crippen molar-refractivity contribution in [1.82, 2.24) is 10.2 Å². The Balaban J connectivity index is 2.26. The van der Waals surface area contributed by atoms with Crippen molar-refractivity contribution in [3.63, 3.8) is 0 Å². The van der Waals surface area contributed by atoms with Gasteiger partial charge in [0.05, 0.1) is 17.6 Å². The van der Waals surface area contributed by atoms with Gasteiger partial charge in [0.25, 0.3) is 5.91 Å². The average molecular weight is 440 g/mol. The number of rotatable bonds is 6. The van der Waals surface area contributed by atoms with Gasteiger partial charge in [-0.3, -0.25) is 4.79 Å². The summed E-state index contributed by atoms with van der Waals surface area (Å²) >= 11 is 6.80. The van der Waals surface area contributed by atoms with Crippen LogP contribution < -0.4 is 10.6 Å². The SMILES string of the molecule is CCN(CC)C(=O)c1sc(NC(=S)N[C@H]2CCC[C@H](C)[C@@H]2C)c(C(=O)OC)c1C. The highest BCUT2D eigenvalue weighted by Crippen LogP contribution is 2.35. The zero-order chi connectivity index (χ0) is 21.7. The molecule has 1 heterocycles. The van der Waals surface area contributed by atoms with Gasteiger partial charge >= 0.3 is 5.97 Å². The van der Waals surface area contributed by atoms with Crippen molar-refractivity contribution in [2.24, 2.45) is 11.8 Å². The number of thiophene rings is 1. The first-order valence-corrected chi connectivity index (χ1v) is 11.6. The van der Waals surface area contributed by atoms with Crippen molar-refractivity contribution >= 4 is 45.5 Å². The van der Waals surface area contributed by atoms with Gasteiger partial charge in [0, 0.05) is 19.1 Å². The quantitative estimate of drug-likeness (QED) is 0.505. The van der Waals surface area contributed by atoms with Crippen molar-refractivity contribution in [2.45, 2.75) is 59.9 Å². The Labute approximate surface area is 183 Å². The van der Waals surface area contributed by atoms with Crippen LogP contribution in [0.2, 0.25) is 0 Å². The second-order valence-corrected chi connectivity index (χ2v) is 9.13. The van der Waals surface area contributed by atoms with E-state index in [4.69, 9.17) is 17.0 Å². The molecule has 1 aliphatic carbocycles. The summed E-state index contributed by atoms with van der Waals surface area (Å²) in [5.74, 6) is 0.622. The first-order chi connectivity index (χ1) is 13.7. The molecule has 29 heavy (non-hydrogen) atoms. The predicted octanol–water partition coefficient (Wildman–Crippen LogP) is 4.44. The van der Waals surface area contributed by atoms with Crippen LogP contribution in [-0.2, 0) is 4.74 Å². The van der Waals surface area contributed by atoms with Crippen LogP contribution >= 0.6 is 23.6 Å². The van der Waals surface area contributed by atoms with Crippen LogP contribution in [-0.4, -0.2) is 48.1 Å². The van der Waals surface area contributed by atoms with E-state index in [9.17, 15) is 9.59 Å². The number of carbonyl (C=O) groups excluding carboxylic acids is 2. The Bertz CT molecular complexity index is 759. The molecular weight excluding hydrogens is 406 g/mol. The minimum atomic E-state index is -0.470. The molecule has 0 saturated heterocycles. The number of methoxy groups -OCH3 is 1. The second-order valence-electron chi connectivity index (χ2n) is 7.70. The lowest BCUT2D eigenvalue weighted by atomic mass is 9.78. The predicted molar refractivity (Wildman–Crippen MR) is 123 cm³/mol. The number of nitrogens with zero attached hydrogens (tertiary/aromatic N) is 1. The van der Waals surface area contributed by atoms with E-state index in [1.165, 1.54) is 31.3 Å². The van der Waals surface area contributed by atoms with Gasteiger partial charge in [-0.05, 0) is 56.8 Å². The van der Waals surface area contributed by atoms with Gasteiger partial charge in [-0.2, -0.15) is 0 Å². The lowest BCUT2D eigenvalue weighted by molar-refractivity contribution is 0.0601. The number of ether oxygens (including phenoxy) is 1. The summed E-state index contributed by atoms with van der Waals surface area (Å²) in [6, 6.07) is 0.304. The molecule has 1 amide bonds. The number of hydrogen-bond donors (Lipinski definition) is 2. The molecule has 1 fully saturated rings. The number of hydrogen-bond acceptors (Lipinski definition) is 5. The molecule has 1 aromatic rings. The molecule has 6 nitrogen and oxygen atoms in total. The fraction of sp³-hybridized carbons (Fsp3) is 0.667. The van der Waals surface area contributed by atoms with E-state index in [0.717, 1.165) is 6.42 Å². The second kappa shape index (κ2) is 10.4. The molecule has 1 aromatic heterocycles. The molecule has 162 valence electrons. The van der Waals surface area contributed by atoms with E-state index in [1.807, 2.05) is 13.8 Å². The Morgan fingerprint density at radius 3 is 2.48 bits per heavy atom. The molecule has 0 aromatic carbocycles. The van der Waals surface area contributed by atoms with Gasteiger partial charge in [0.2, 0.25) is 0 Å². The van der Waals surface area contributed by atoms with Gasteiger partial charge in [0.15, 0.2) is 5.11 Å². The largest absolute Gasteiger partial charge is 0.465 e. The van der Waals surface area contributed by atoms with E-state index < -0.39 is 5.97 Å². The lowest BCUT2D eigenvalue weighted by Crippen LogP contribution is -2.45. The Morgan fingerprint density at radius 1 is 1.24 bits per heavy atom. The van der Waals surface area contributed by atoms with Crippen LogP contribution in [0, 0.1) is 18.8 Å². The zero-order valence-corrected chi connectivity index (χ0v) is 19.9. The molecule has 1 aliphatic rings. The molecule has 0 radical (unpaired) electrons. The van der Waals surface area contributed by atoms with E-state index in [2.05, 4.69) is 24.5 Å². The molecule has 0 aliphatic heterocycles. The normalized spacial score (nSPS) is 21.4. The van der Waals surface area contributed by atoms with Crippen molar-refractivity contribution in [2.75, 3.05) is 25.5 Å². The smallest absolute Gasteiger partial charge is 0.341 e. The van der Waals surface area contributed by atoms with Gasteiger partial charge in [-0.15, -0.1) is 11.3 Å². The summed E-state index contributed by atoms with van der Waals surface area (Å²) in [6.07, 6.45) is 3.50. The number of anilines is 1. The van der Waals surface area contributed by atoms with Crippen molar-refractivity contribution in [3.8, 4) is 0 Å². The highest BCUT2D eigenvalue weighted by molar-refractivity contribution is 7.80. The summed E-state index contributed by atoms with van der Waals surface area (Å²) in [5, 5.41) is 7.61. The molecule has 0 unspecified atom stereocenters. The summed E-state index contributed by atoms with van der Waals surface area (Å²) in [4.78, 5) is 27.6. The van der Waals surface area contributed by atoms with Crippen molar-refractivity contribution < 1.29 is 14.3 Å². The number of esters is 1. The maximum absolute atomic E-state index is 12.9. The minimum absolute atomic E-state index is 0.0793. The van der Waals surface area contributed by atoms with Crippen LogP contribution in [0.5, 0.6) is 0 Å². The summed E-state index contributed by atoms with van der Waals surface area (Å²) in [7, 11) is 1.34. The van der Waals surface area contributed by atoms with E-state index in [1.54, 1.807) is 11.8 Å². The molecule has 2 rings (SSSR count). The minimum Gasteiger partial charge on any atom is -0.465 e. The van der Waals surface area contributed by atoms with E-state index in [0.29, 0.717) is 57.1 Å². The zero-order valence-electron chi connectivity index (χ0n) is 18.3. The van der Waals surface area contributed by atoms with Crippen molar-refractivity contribution in [3.05, 3.63) is 16.0 Å². The van der Waals surface area contributed by atoms with Crippen LogP contribution in [0.4, 0.5) is 5.00 Å². The van der Waals surface area contributed by atoms with Gasteiger partial charge in [-0.25, -0.2) is 4.79 Å². The summed E-state index contributed by atoms with van der Waals surface area (Å²) in [6.45, 7) is 11.4. The highest BCUT2D eigenvalue weighted by Gasteiger charge is 2.30. The number of thiocarbonyl (C=S) groups is 1. The van der Waals surface area contributed by atoms with Crippen LogP contribution in [0.3, 0.4) is 0 Å². The topological polar surface area (TPSA) is 70.7 Å². The van der Waals surface area contributed by atoms with Crippen molar-refractivity contribution in [1.29, 1.82) is 0 Å². The molecule has 0 bridgehead atoms. The van der Waals surface area contributed by atoms with E-state index >= 15 is 0 Å². The Kier molecular flexibility index (Phi) is 8.46. The summed E-state index contributed by atoms with van der Waals surface area (Å²) < 4.78 is 4.97. The fourth-order valence-electron chi connectivity index (χ4n) is 3.90. The summed E-state index contributed by atoms with van der Waals surface area (Å²) in [5.41, 5.74) is 1.01. The molecule has 2 N–H and O–H groups in total. The van der Waals surface area contributed by atoms with E-state index in [-0.39, 0.29) is 5.91 Å². The molecule has 3 atom stereocenters. The highest BCUT2D eigenvalue weighted by atomic mass is 32.1. The molecule has 8 heteroatoms.